The molecule has 0 fully saturated rings. The second-order valence-corrected chi connectivity index (χ2v) is 4.77. The lowest BCUT2D eigenvalue weighted by atomic mass is 9.98. The van der Waals surface area contributed by atoms with Crippen LogP contribution in [0, 0.1) is 0 Å². The number of benzene rings is 1. The van der Waals surface area contributed by atoms with E-state index in [0.717, 1.165) is 29.8 Å². The Hall–Kier alpha value is -1.87. The number of rotatable bonds is 6. The van der Waals surface area contributed by atoms with Gasteiger partial charge in [0.25, 0.3) is 0 Å². The van der Waals surface area contributed by atoms with Crippen LogP contribution in [0.25, 0.3) is 0 Å². The molecule has 0 saturated carbocycles. The van der Waals surface area contributed by atoms with Crippen LogP contribution in [-0.4, -0.2) is 11.6 Å². The smallest absolute Gasteiger partial charge is 0.124 e. The molecule has 0 aliphatic heterocycles. The highest BCUT2D eigenvalue weighted by atomic mass is 16.5. The van der Waals surface area contributed by atoms with Crippen LogP contribution in [0.2, 0.25) is 0 Å². The van der Waals surface area contributed by atoms with Crippen LogP contribution in [0.15, 0.2) is 42.6 Å². The summed E-state index contributed by atoms with van der Waals surface area (Å²) < 4.78 is 5.79. The lowest BCUT2D eigenvalue weighted by molar-refractivity contribution is 0.313. The van der Waals surface area contributed by atoms with Crippen molar-refractivity contribution < 1.29 is 4.74 Å². The Kier molecular flexibility index (Phi) is 5.13. The molecule has 0 saturated heterocycles. The van der Waals surface area contributed by atoms with Gasteiger partial charge in [-0.15, -0.1) is 0 Å². The summed E-state index contributed by atoms with van der Waals surface area (Å²) in [5.41, 5.74) is 9.54. The van der Waals surface area contributed by atoms with E-state index in [1.165, 1.54) is 5.56 Å². The quantitative estimate of drug-likeness (QED) is 0.874. The predicted octanol–water partition coefficient (Wildman–Crippen LogP) is 3.48. The highest BCUT2D eigenvalue weighted by Crippen LogP contribution is 2.29. The van der Waals surface area contributed by atoms with Crippen LogP contribution in [0.3, 0.4) is 0 Å². The SMILES string of the molecule is CCCOc1ccccc1C(N)c1ncccc1CC. The van der Waals surface area contributed by atoms with Crippen molar-refractivity contribution in [1.82, 2.24) is 4.98 Å². The maximum Gasteiger partial charge on any atom is 0.124 e. The number of aryl methyl sites for hydroxylation is 1. The molecule has 3 heteroatoms. The van der Waals surface area contributed by atoms with Crippen LogP contribution in [-0.2, 0) is 6.42 Å². The molecule has 1 unspecified atom stereocenters. The molecule has 1 atom stereocenters. The van der Waals surface area contributed by atoms with Gasteiger partial charge in [-0.05, 0) is 30.5 Å². The van der Waals surface area contributed by atoms with Crippen LogP contribution >= 0.6 is 0 Å². The van der Waals surface area contributed by atoms with Gasteiger partial charge >= 0.3 is 0 Å². The van der Waals surface area contributed by atoms with E-state index in [4.69, 9.17) is 10.5 Å². The van der Waals surface area contributed by atoms with Gasteiger partial charge in [-0.3, -0.25) is 4.98 Å². The number of hydrogen-bond donors (Lipinski definition) is 1. The summed E-state index contributed by atoms with van der Waals surface area (Å²) in [5, 5.41) is 0. The van der Waals surface area contributed by atoms with Gasteiger partial charge in [-0.25, -0.2) is 0 Å². The summed E-state index contributed by atoms with van der Waals surface area (Å²) in [4.78, 5) is 4.47. The van der Waals surface area contributed by atoms with Crippen LogP contribution in [0.1, 0.15) is 43.1 Å². The third kappa shape index (κ3) is 3.17. The zero-order chi connectivity index (χ0) is 14.4. The fourth-order valence-corrected chi connectivity index (χ4v) is 2.26. The number of nitrogens with zero attached hydrogens (tertiary/aromatic N) is 1. The van der Waals surface area contributed by atoms with Gasteiger partial charge in [0.1, 0.15) is 5.75 Å². The largest absolute Gasteiger partial charge is 0.493 e. The average molecular weight is 270 g/mol. The maximum absolute atomic E-state index is 6.42. The summed E-state index contributed by atoms with van der Waals surface area (Å²) in [6.45, 7) is 4.91. The Bertz CT molecular complexity index is 554. The molecular weight excluding hydrogens is 248 g/mol. The first-order valence-electron chi connectivity index (χ1n) is 7.19. The van der Waals surface area contributed by atoms with Crippen LogP contribution in [0.4, 0.5) is 0 Å². The number of aromatic nitrogens is 1. The fraction of sp³-hybridized carbons (Fsp3) is 0.353. The lowest BCUT2D eigenvalue weighted by Crippen LogP contribution is -2.17. The summed E-state index contributed by atoms with van der Waals surface area (Å²) in [5.74, 6) is 0.856. The van der Waals surface area contributed by atoms with Gasteiger partial charge in [-0.2, -0.15) is 0 Å². The summed E-state index contributed by atoms with van der Waals surface area (Å²) in [6.07, 6.45) is 3.70. The molecule has 3 nitrogen and oxygen atoms in total. The molecule has 0 radical (unpaired) electrons. The number of nitrogens with two attached hydrogens (primary N) is 1. The van der Waals surface area contributed by atoms with Crippen LogP contribution < -0.4 is 10.5 Å². The van der Waals surface area contributed by atoms with Crippen molar-refractivity contribution >= 4 is 0 Å². The fourth-order valence-electron chi connectivity index (χ4n) is 2.26. The Morgan fingerprint density at radius 2 is 1.95 bits per heavy atom. The molecule has 0 amide bonds. The molecule has 0 aliphatic rings. The molecule has 20 heavy (non-hydrogen) atoms. The lowest BCUT2D eigenvalue weighted by Gasteiger charge is -2.18. The minimum atomic E-state index is -0.251. The first-order valence-corrected chi connectivity index (χ1v) is 7.19. The molecule has 0 bridgehead atoms. The molecule has 1 aromatic heterocycles. The van der Waals surface area contributed by atoms with Gasteiger partial charge in [-0.1, -0.05) is 38.1 Å². The Morgan fingerprint density at radius 3 is 2.70 bits per heavy atom. The van der Waals surface area contributed by atoms with Crippen molar-refractivity contribution in [1.29, 1.82) is 0 Å². The van der Waals surface area contributed by atoms with Gasteiger partial charge in [0.2, 0.25) is 0 Å². The normalized spacial score (nSPS) is 12.2. The summed E-state index contributed by atoms with van der Waals surface area (Å²) in [6, 6.07) is 11.7. The minimum absolute atomic E-state index is 0.251. The van der Waals surface area contributed by atoms with E-state index in [-0.39, 0.29) is 6.04 Å². The van der Waals surface area contributed by atoms with Crippen molar-refractivity contribution in [2.24, 2.45) is 5.73 Å². The van der Waals surface area contributed by atoms with Crippen molar-refractivity contribution in [2.45, 2.75) is 32.7 Å². The molecule has 1 aromatic carbocycles. The Balaban J connectivity index is 2.35. The number of hydrogen-bond acceptors (Lipinski definition) is 3. The van der Waals surface area contributed by atoms with Crippen LogP contribution in [0.5, 0.6) is 5.75 Å². The van der Waals surface area contributed by atoms with Crippen molar-refractivity contribution in [3.8, 4) is 5.75 Å². The van der Waals surface area contributed by atoms with Crippen molar-refractivity contribution in [3.05, 3.63) is 59.4 Å². The third-order valence-corrected chi connectivity index (χ3v) is 3.32. The second kappa shape index (κ2) is 7.06. The summed E-state index contributed by atoms with van der Waals surface area (Å²) in [7, 11) is 0. The van der Waals surface area contributed by atoms with Gasteiger partial charge < -0.3 is 10.5 Å². The topological polar surface area (TPSA) is 48.1 Å². The average Bonchev–Trinajstić information content (AvgIpc) is 2.52. The molecule has 0 aliphatic carbocycles. The van der Waals surface area contributed by atoms with E-state index >= 15 is 0 Å². The monoisotopic (exact) mass is 270 g/mol. The number of pyridine rings is 1. The van der Waals surface area contributed by atoms with Gasteiger partial charge in [0.15, 0.2) is 0 Å². The zero-order valence-corrected chi connectivity index (χ0v) is 12.2. The highest BCUT2D eigenvalue weighted by molar-refractivity contribution is 5.41. The third-order valence-electron chi connectivity index (χ3n) is 3.32. The second-order valence-electron chi connectivity index (χ2n) is 4.77. The van der Waals surface area contributed by atoms with Gasteiger partial charge in [0, 0.05) is 11.8 Å². The van der Waals surface area contributed by atoms with E-state index in [1.54, 1.807) is 6.20 Å². The Labute approximate surface area is 120 Å². The number of ether oxygens (including phenoxy) is 1. The minimum Gasteiger partial charge on any atom is -0.493 e. The van der Waals surface area contributed by atoms with Crippen molar-refractivity contribution in [3.63, 3.8) is 0 Å². The summed E-state index contributed by atoms with van der Waals surface area (Å²) >= 11 is 0. The van der Waals surface area contributed by atoms with E-state index in [1.807, 2.05) is 30.3 Å². The molecule has 2 aromatic rings. The molecule has 1 heterocycles. The first kappa shape index (κ1) is 14.5. The molecule has 0 spiro atoms. The van der Waals surface area contributed by atoms with E-state index in [2.05, 4.69) is 24.9 Å². The van der Waals surface area contributed by atoms with E-state index in [0.29, 0.717) is 6.61 Å². The molecular formula is C17H22N2O. The standard InChI is InChI=1S/C17H22N2O/c1-3-12-20-15-10-6-5-9-14(15)16(18)17-13(4-2)8-7-11-19-17/h5-11,16H,3-4,12,18H2,1-2H3. The molecule has 2 rings (SSSR count). The zero-order valence-electron chi connectivity index (χ0n) is 12.2. The van der Waals surface area contributed by atoms with Crippen molar-refractivity contribution in [2.75, 3.05) is 6.61 Å². The molecule has 106 valence electrons. The molecule has 2 N–H and O–H groups in total. The predicted molar refractivity (Wildman–Crippen MR) is 81.9 cm³/mol. The highest BCUT2D eigenvalue weighted by Gasteiger charge is 2.17. The van der Waals surface area contributed by atoms with E-state index < -0.39 is 0 Å². The first-order chi connectivity index (χ1) is 9.77. The Morgan fingerprint density at radius 1 is 1.15 bits per heavy atom. The van der Waals surface area contributed by atoms with E-state index in [9.17, 15) is 0 Å². The number of para-hydroxylation sites is 1. The maximum atomic E-state index is 6.42. The van der Waals surface area contributed by atoms with Gasteiger partial charge in [0.05, 0.1) is 18.3 Å².